The van der Waals surface area contributed by atoms with Crippen LogP contribution in [0.4, 0.5) is 5.82 Å². The number of carbonyl (C=O) groups excluding carboxylic acids is 1. The number of aryl methyl sites for hydroxylation is 1. The van der Waals surface area contributed by atoms with Crippen LogP contribution in [0.25, 0.3) is 15.7 Å². The van der Waals surface area contributed by atoms with Crippen LogP contribution >= 0.6 is 22.7 Å². The molecule has 0 radical (unpaired) electrons. The number of amides is 1. The lowest BCUT2D eigenvalue weighted by molar-refractivity contribution is -0.115. The Kier molecular flexibility index (Phi) is 3.85. The van der Waals surface area contributed by atoms with Gasteiger partial charge in [0.05, 0.1) is 16.3 Å². The molecule has 0 aliphatic heterocycles. The van der Waals surface area contributed by atoms with Crippen molar-refractivity contribution in [3.05, 3.63) is 34.7 Å². The molecule has 0 fully saturated rings. The third kappa shape index (κ3) is 2.88. The van der Waals surface area contributed by atoms with Crippen molar-refractivity contribution >= 4 is 34.4 Å². The summed E-state index contributed by atoms with van der Waals surface area (Å²) in [5.74, 6) is 0.623. The summed E-state index contributed by atoms with van der Waals surface area (Å²) in [6.45, 7) is 3.72. The van der Waals surface area contributed by atoms with E-state index in [1.54, 1.807) is 16.0 Å². The Bertz CT molecular complexity index is 758. The van der Waals surface area contributed by atoms with Gasteiger partial charge in [-0.2, -0.15) is 9.78 Å². The van der Waals surface area contributed by atoms with E-state index in [1.807, 2.05) is 42.8 Å². The van der Waals surface area contributed by atoms with Gasteiger partial charge in [0.15, 0.2) is 0 Å². The number of rotatable bonds is 4. The zero-order valence-corrected chi connectivity index (χ0v) is 13.3. The molecule has 3 rings (SSSR count). The molecule has 1 amide bonds. The molecule has 7 heteroatoms. The summed E-state index contributed by atoms with van der Waals surface area (Å²) in [4.78, 5) is 17.3. The molecule has 1 N–H and O–H groups in total. The minimum absolute atomic E-state index is 0.0359. The summed E-state index contributed by atoms with van der Waals surface area (Å²) in [7, 11) is 0. The molecular weight excluding hydrogens is 304 g/mol. The Morgan fingerprint density at radius 2 is 2.29 bits per heavy atom. The van der Waals surface area contributed by atoms with Crippen LogP contribution in [0.5, 0.6) is 0 Å². The molecule has 21 heavy (non-hydrogen) atoms. The molecule has 0 aliphatic rings. The highest BCUT2D eigenvalue weighted by Crippen LogP contribution is 2.29. The van der Waals surface area contributed by atoms with E-state index in [1.165, 1.54) is 11.3 Å². The normalized spacial score (nSPS) is 10.8. The van der Waals surface area contributed by atoms with E-state index in [0.717, 1.165) is 21.4 Å². The van der Waals surface area contributed by atoms with Crippen LogP contribution < -0.4 is 5.32 Å². The van der Waals surface area contributed by atoms with Gasteiger partial charge in [0, 0.05) is 17.9 Å². The first-order valence-corrected chi connectivity index (χ1v) is 8.29. The fourth-order valence-corrected chi connectivity index (χ4v) is 3.41. The quantitative estimate of drug-likeness (QED) is 0.797. The van der Waals surface area contributed by atoms with Crippen LogP contribution in [0.3, 0.4) is 0 Å². The van der Waals surface area contributed by atoms with Crippen molar-refractivity contribution in [2.45, 2.75) is 20.3 Å². The standard InChI is InChI=1S/C14H14N4OS2/c1-3-13(19)16-12-7-9(2)17-18(12)14-15-10(8-21-14)11-5-4-6-20-11/h4-8H,3H2,1-2H3,(H,16,19). The van der Waals surface area contributed by atoms with Gasteiger partial charge in [0.1, 0.15) is 5.82 Å². The number of aromatic nitrogens is 3. The Morgan fingerprint density at radius 3 is 3.00 bits per heavy atom. The van der Waals surface area contributed by atoms with E-state index in [0.29, 0.717) is 12.2 Å². The summed E-state index contributed by atoms with van der Waals surface area (Å²) in [6, 6.07) is 5.89. The predicted octanol–water partition coefficient (Wildman–Crippen LogP) is 3.71. The molecule has 0 aliphatic carbocycles. The van der Waals surface area contributed by atoms with Gasteiger partial charge in [-0.15, -0.1) is 22.7 Å². The Labute approximate surface area is 130 Å². The van der Waals surface area contributed by atoms with Crippen molar-refractivity contribution in [1.29, 1.82) is 0 Å². The van der Waals surface area contributed by atoms with Gasteiger partial charge in [-0.1, -0.05) is 13.0 Å². The molecule has 3 aromatic rings. The minimum atomic E-state index is -0.0359. The van der Waals surface area contributed by atoms with E-state index in [2.05, 4.69) is 15.4 Å². The summed E-state index contributed by atoms with van der Waals surface area (Å²) < 4.78 is 1.69. The average Bonchev–Trinajstić information content (AvgIpc) is 3.17. The van der Waals surface area contributed by atoms with Gasteiger partial charge < -0.3 is 5.32 Å². The van der Waals surface area contributed by atoms with Gasteiger partial charge >= 0.3 is 0 Å². The zero-order valence-electron chi connectivity index (χ0n) is 11.7. The lowest BCUT2D eigenvalue weighted by atomic mass is 10.4. The summed E-state index contributed by atoms with van der Waals surface area (Å²) in [5, 5.41) is 12.0. The molecule has 5 nitrogen and oxygen atoms in total. The number of nitrogens with one attached hydrogen (secondary N) is 1. The van der Waals surface area contributed by atoms with E-state index in [-0.39, 0.29) is 5.91 Å². The molecule has 0 aromatic carbocycles. The maximum atomic E-state index is 11.6. The van der Waals surface area contributed by atoms with Gasteiger partial charge in [0.2, 0.25) is 11.0 Å². The predicted molar refractivity (Wildman–Crippen MR) is 86.2 cm³/mol. The first-order chi connectivity index (χ1) is 10.2. The first-order valence-electron chi connectivity index (χ1n) is 6.53. The third-order valence-electron chi connectivity index (χ3n) is 2.87. The number of carbonyl (C=O) groups is 1. The Balaban J connectivity index is 1.95. The SMILES string of the molecule is CCC(=O)Nc1cc(C)nn1-c1nc(-c2cccs2)cs1. The number of thiophene rings is 1. The summed E-state index contributed by atoms with van der Waals surface area (Å²) in [5.41, 5.74) is 1.78. The van der Waals surface area contributed by atoms with Crippen molar-refractivity contribution in [3.8, 4) is 15.7 Å². The van der Waals surface area contributed by atoms with Crippen LogP contribution in [0.1, 0.15) is 19.0 Å². The van der Waals surface area contributed by atoms with E-state index in [4.69, 9.17) is 0 Å². The number of hydrogen-bond donors (Lipinski definition) is 1. The second kappa shape index (κ2) is 5.79. The molecule has 0 spiro atoms. The van der Waals surface area contributed by atoms with Crippen LogP contribution in [0, 0.1) is 6.92 Å². The highest BCUT2D eigenvalue weighted by atomic mass is 32.1. The second-order valence-electron chi connectivity index (χ2n) is 4.48. The highest BCUT2D eigenvalue weighted by molar-refractivity contribution is 7.15. The first kappa shape index (κ1) is 14.0. The number of anilines is 1. The summed E-state index contributed by atoms with van der Waals surface area (Å²) in [6.07, 6.45) is 0.433. The van der Waals surface area contributed by atoms with Gasteiger partial charge in [-0.05, 0) is 18.4 Å². The molecule has 0 saturated heterocycles. The Hall–Kier alpha value is -1.99. The molecule has 108 valence electrons. The molecule has 0 atom stereocenters. The van der Waals surface area contributed by atoms with Crippen molar-refractivity contribution in [1.82, 2.24) is 14.8 Å². The van der Waals surface area contributed by atoms with Crippen molar-refractivity contribution < 1.29 is 4.79 Å². The molecule has 0 bridgehead atoms. The fourth-order valence-electron chi connectivity index (χ4n) is 1.86. The minimum Gasteiger partial charge on any atom is -0.311 e. The highest BCUT2D eigenvalue weighted by Gasteiger charge is 2.14. The monoisotopic (exact) mass is 318 g/mol. The summed E-state index contributed by atoms with van der Waals surface area (Å²) >= 11 is 3.16. The topological polar surface area (TPSA) is 59.8 Å². The van der Waals surface area contributed by atoms with Crippen LogP contribution in [0.2, 0.25) is 0 Å². The number of nitrogens with zero attached hydrogens (tertiary/aromatic N) is 3. The molecule has 0 unspecified atom stereocenters. The van der Waals surface area contributed by atoms with Crippen molar-refractivity contribution in [2.24, 2.45) is 0 Å². The van der Waals surface area contributed by atoms with Gasteiger partial charge in [-0.3, -0.25) is 4.79 Å². The lowest BCUT2D eigenvalue weighted by Gasteiger charge is -2.04. The molecule has 3 heterocycles. The molecule has 3 aromatic heterocycles. The fraction of sp³-hybridized carbons (Fsp3) is 0.214. The van der Waals surface area contributed by atoms with Crippen LogP contribution in [-0.4, -0.2) is 20.7 Å². The maximum Gasteiger partial charge on any atom is 0.225 e. The molecular formula is C14H14N4OS2. The zero-order chi connectivity index (χ0) is 14.8. The van der Waals surface area contributed by atoms with E-state index >= 15 is 0 Å². The van der Waals surface area contributed by atoms with E-state index < -0.39 is 0 Å². The van der Waals surface area contributed by atoms with Crippen molar-refractivity contribution in [3.63, 3.8) is 0 Å². The van der Waals surface area contributed by atoms with E-state index in [9.17, 15) is 4.79 Å². The third-order valence-corrected chi connectivity index (χ3v) is 4.58. The molecule has 0 saturated carbocycles. The number of hydrogen-bond acceptors (Lipinski definition) is 5. The largest absolute Gasteiger partial charge is 0.311 e. The average molecular weight is 318 g/mol. The lowest BCUT2D eigenvalue weighted by Crippen LogP contribution is -2.13. The van der Waals surface area contributed by atoms with Crippen molar-refractivity contribution in [2.75, 3.05) is 5.32 Å². The smallest absolute Gasteiger partial charge is 0.225 e. The maximum absolute atomic E-state index is 11.6. The van der Waals surface area contributed by atoms with Crippen LogP contribution in [-0.2, 0) is 4.79 Å². The van der Waals surface area contributed by atoms with Gasteiger partial charge in [0.25, 0.3) is 0 Å². The van der Waals surface area contributed by atoms with Crippen LogP contribution in [0.15, 0.2) is 29.0 Å². The van der Waals surface area contributed by atoms with Gasteiger partial charge in [-0.25, -0.2) is 4.98 Å². The number of thiazole rings is 1. The second-order valence-corrected chi connectivity index (χ2v) is 6.26. The Morgan fingerprint density at radius 1 is 1.43 bits per heavy atom.